The van der Waals surface area contributed by atoms with Crippen LogP contribution in [0.2, 0.25) is 0 Å². The number of aromatic nitrogens is 4. The maximum absolute atomic E-state index is 5.96. The molecule has 96 valence electrons. The van der Waals surface area contributed by atoms with Gasteiger partial charge in [0, 0.05) is 12.2 Å². The fourth-order valence-corrected chi connectivity index (χ4v) is 2.01. The highest BCUT2D eigenvalue weighted by molar-refractivity contribution is 5.46. The Morgan fingerprint density at radius 2 is 2.06 bits per heavy atom. The molecule has 2 atom stereocenters. The van der Waals surface area contributed by atoms with E-state index in [1.165, 1.54) is 6.33 Å². The summed E-state index contributed by atoms with van der Waals surface area (Å²) in [5.74, 6) is 1.42. The zero-order valence-electron chi connectivity index (χ0n) is 10.7. The van der Waals surface area contributed by atoms with Gasteiger partial charge in [0.15, 0.2) is 0 Å². The lowest BCUT2D eigenvalue weighted by Crippen LogP contribution is -2.28. The van der Waals surface area contributed by atoms with E-state index >= 15 is 0 Å². The van der Waals surface area contributed by atoms with Crippen molar-refractivity contribution in [1.29, 1.82) is 0 Å². The van der Waals surface area contributed by atoms with Crippen molar-refractivity contribution in [3.63, 3.8) is 0 Å². The molecule has 0 fully saturated rings. The van der Waals surface area contributed by atoms with Crippen molar-refractivity contribution >= 4 is 0 Å². The normalized spacial score (nSPS) is 14.7. The Kier molecular flexibility index (Phi) is 3.66. The standard InChI is InChI=1S/C12H17N5O/c1-7(2)10(8(3)13)12-16-11(17-18-12)9-4-5-14-6-15-9/h4-8,10H,13H2,1-3H3. The molecule has 0 aromatic carbocycles. The summed E-state index contributed by atoms with van der Waals surface area (Å²) in [6, 6.07) is 1.70. The first-order chi connectivity index (χ1) is 8.59. The van der Waals surface area contributed by atoms with E-state index in [2.05, 4.69) is 34.0 Å². The third kappa shape index (κ3) is 2.53. The van der Waals surface area contributed by atoms with Crippen LogP contribution in [0.25, 0.3) is 11.5 Å². The topological polar surface area (TPSA) is 90.7 Å². The van der Waals surface area contributed by atoms with Crippen LogP contribution in [0.4, 0.5) is 0 Å². The van der Waals surface area contributed by atoms with Gasteiger partial charge < -0.3 is 10.3 Å². The van der Waals surface area contributed by atoms with Gasteiger partial charge in [-0.1, -0.05) is 19.0 Å². The van der Waals surface area contributed by atoms with E-state index in [4.69, 9.17) is 10.3 Å². The minimum atomic E-state index is -0.0382. The average Bonchev–Trinajstić information content (AvgIpc) is 2.78. The van der Waals surface area contributed by atoms with Crippen LogP contribution in [-0.2, 0) is 0 Å². The third-order valence-corrected chi connectivity index (χ3v) is 2.82. The molecule has 0 aliphatic rings. The van der Waals surface area contributed by atoms with Crippen molar-refractivity contribution < 1.29 is 4.52 Å². The number of hydrogen-bond acceptors (Lipinski definition) is 6. The van der Waals surface area contributed by atoms with Crippen LogP contribution in [-0.4, -0.2) is 26.2 Å². The van der Waals surface area contributed by atoms with Crippen molar-refractivity contribution in [2.24, 2.45) is 11.7 Å². The summed E-state index contributed by atoms with van der Waals surface area (Å²) in [5, 5.41) is 3.94. The van der Waals surface area contributed by atoms with Crippen molar-refractivity contribution in [3.8, 4) is 11.5 Å². The molecular formula is C12H17N5O. The summed E-state index contributed by atoms with van der Waals surface area (Å²) in [6.07, 6.45) is 3.10. The van der Waals surface area contributed by atoms with E-state index in [-0.39, 0.29) is 12.0 Å². The smallest absolute Gasteiger partial charge is 0.231 e. The van der Waals surface area contributed by atoms with Crippen molar-refractivity contribution in [1.82, 2.24) is 20.1 Å². The molecule has 6 nitrogen and oxygen atoms in total. The quantitative estimate of drug-likeness (QED) is 0.882. The van der Waals surface area contributed by atoms with Gasteiger partial charge in [-0.25, -0.2) is 9.97 Å². The molecule has 6 heteroatoms. The minimum Gasteiger partial charge on any atom is -0.339 e. The summed E-state index contributed by atoms with van der Waals surface area (Å²) in [5.41, 5.74) is 6.61. The molecule has 2 heterocycles. The van der Waals surface area contributed by atoms with E-state index in [1.54, 1.807) is 12.3 Å². The predicted octanol–water partition coefficient (Wildman–Crippen LogP) is 1.61. The van der Waals surface area contributed by atoms with Gasteiger partial charge in [-0.3, -0.25) is 0 Å². The summed E-state index contributed by atoms with van der Waals surface area (Å²) in [4.78, 5) is 12.3. The van der Waals surface area contributed by atoms with Crippen molar-refractivity contribution in [3.05, 3.63) is 24.5 Å². The molecule has 0 amide bonds. The lowest BCUT2D eigenvalue weighted by Gasteiger charge is -2.20. The molecule has 0 aliphatic carbocycles. The molecule has 0 spiro atoms. The lowest BCUT2D eigenvalue weighted by molar-refractivity contribution is 0.300. The molecule has 18 heavy (non-hydrogen) atoms. The summed E-state index contributed by atoms with van der Waals surface area (Å²) < 4.78 is 5.30. The molecule has 0 radical (unpaired) electrons. The second-order valence-electron chi connectivity index (χ2n) is 4.68. The van der Waals surface area contributed by atoms with E-state index < -0.39 is 0 Å². The Morgan fingerprint density at radius 1 is 1.28 bits per heavy atom. The maximum atomic E-state index is 5.96. The number of rotatable bonds is 4. The van der Waals surface area contributed by atoms with E-state index in [9.17, 15) is 0 Å². The largest absolute Gasteiger partial charge is 0.339 e. The molecule has 0 saturated carbocycles. The molecule has 2 aromatic rings. The zero-order chi connectivity index (χ0) is 13.1. The second-order valence-corrected chi connectivity index (χ2v) is 4.68. The summed E-state index contributed by atoms with van der Waals surface area (Å²) in [6.45, 7) is 6.12. The van der Waals surface area contributed by atoms with Crippen LogP contribution < -0.4 is 5.73 Å². The van der Waals surface area contributed by atoms with Gasteiger partial charge in [0.1, 0.15) is 12.0 Å². The van der Waals surface area contributed by atoms with Crippen molar-refractivity contribution in [2.75, 3.05) is 0 Å². The molecule has 2 N–H and O–H groups in total. The van der Waals surface area contributed by atoms with Crippen LogP contribution in [0, 0.1) is 5.92 Å². The van der Waals surface area contributed by atoms with Crippen LogP contribution in [0.5, 0.6) is 0 Å². The number of hydrogen-bond donors (Lipinski definition) is 1. The fourth-order valence-electron chi connectivity index (χ4n) is 2.01. The molecule has 0 bridgehead atoms. The van der Waals surface area contributed by atoms with E-state index in [0.29, 0.717) is 23.3 Å². The molecular weight excluding hydrogens is 230 g/mol. The highest BCUT2D eigenvalue weighted by atomic mass is 16.5. The Morgan fingerprint density at radius 3 is 2.61 bits per heavy atom. The van der Waals surface area contributed by atoms with Crippen LogP contribution in [0.15, 0.2) is 23.1 Å². The molecule has 0 saturated heterocycles. The zero-order valence-corrected chi connectivity index (χ0v) is 10.7. The van der Waals surface area contributed by atoms with Gasteiger partial charge in [0.05, 0.1) is 5.92 Å². The monoisotopic (exact) mass is 247 g/mol. The van der Waals surface area contributed by atoms with Crippen LogP contribution >= 0.6 is 0 Å². The van der Waals surface area contributed by atoms with Crippen LogP contribution in [0.3, 0.4) is 0 Å². The Balaban J connectivity index is 2.30. The van der Waals surface area contributed by atoms with Gasteiger partial charge >= 0.3 is 0 Å². The van der Waals surface area contributed by atoms with E-state index in [0.717, 1.165) is 0 Å². The van der Waals surface area contributed by atoms with Gasteiger partial charge in [0.2, 0.25) is 11.7 Å². The second kappa shape index (κ2) is 5.22. The first-order valence-electron chi connectivity index (χ1n) is 5.95. The molecule has 0 aliphatic heterocycles. The van der Waals surface area contributed by atoms with Gasteiger partial charge in [-0.15, -0.1) is 0 Å². The number of nitrogens with two attached hydrogens (primary N) is 1. The number of nitrogens with zero attached hydrogens (tertiary/aromatic N) is 4. The molecule has 2 rings (SSSR count). The first kappa shape index (κ1) is 12.6. The summed E-state index contributed by atoms with van der Waals surface area (Å²) in [7, 11) is 0. The SMILES string of the molecule is CC(C)C(c1nc(-c2ccncn2)no1)C(C)N. The highest BCUT2D eigenvalue weighted by Crippen LogP contribution is 2.26. The Hall–Kier alpha value is -1.82. The lowest BCUT2D eigenvalue weighted by atomic mass is 9.90. The Labute approximate surface area is 106 Å². The minimum absolute atomic E-state index is 0.0382. The van der Waals surface area contributed by atoms with Gasteiger partial charge in [0.25, 0.3) is 0 Å². The van der Waals surface area contributed by atoms with Crippen LogP contribution in [0.1, 0.15) is 32.6 Å². The van der Waals surface area contributed by atoms with Crippen molar-refractivity contribution in [2.45, 2.75) is 32.7 Å². The fraction of sp³-hybridized carbons (Fsp3) is 0.500. The third-order valence-electron chi connectivity index (χ3n) is 2.82. The highest BCUT2D eigenvalue weighted by Gasteiger charge is 2.26. The Bertz CT molecular complexity index is 486. The van der Waals surface area contributed by atoms with Gasteiger partial charge in [-0.2, -0.15) is 4.98 Å². The predicted molar refractivity (Wildman–Crippen MR) is 66.6 cm³/mol. The molecule has 2 unspecified atom stereocenters. The maximum Gasteiger partial charge on any atom is 0.231 e. The van der Waals surface area contributed by atoms with E-state index in [1.807, 2.05) is 6.92 Å². The first-order valence-corrected chi connectivity index (χ1v) is 5.95. The molecule has 2 aromatic heterocycles. The summed E-state index contributed by atoms with van der Waals surface area (Å²) >= 11 is 0. The van der Waals surface area contributed by atoms with Gasteiger partial charge in [-0.05, 0) is 18.9 Å². The average molecular weight is 247 g/mol.